The van der Waals surface area contributed by atoms with Crippen LogP contribution >= 0.6 is 11.6 Å². The maximum absolute atomic E-state index is 10.5. The van der Waals surface area contributed by atoms with Crippen molar-refractivity contribution in [3.63, 3.8) is 0 Å². The first-order chi connectivity index (χ1) is 5.56. The van der Waals surface area contributed by atoms with Crippen LogP contribution < -0.4 is 4.72 Å². The van der Waals surface area contributed by atoms with E-state index in [0.717, 1.165) is 6.26 Å². The molecule has 0 aliphatic heterocycles. The Morgan fingerprint density at radius 3 is 2.58 bits per heavy atom. The van der Waals surface area contributed by atoms with Gasteiger partial charge in [0.1, 0.15) is 0 Å². The minimum absolute atomic E-state index is 0.418. The zero-order valence-electron chi connectivity index (χ0n) is 7.05. The molecule has 0 rings (SSSR count). The molecule has 0 radical (unpaired) electrons. The van der Waals surface area contributed by atoms with Crippen molar-refractivity contribution in [3.05, 3.63) is 0 Å². The molecule has 1 N–H and O–H groups in total. The lowest BCUT2D eigenvalue weighted by Crippen LogP contribution is -2.23. The van der Waals surface area contributed by atoms with E-state index in [1.165, 1.54) is 0 Å². The Hall–Kier alpha value is 0.160. The van der Waals surface area contributed by atoms with Crippen molar-refractivity contribution in [1.82, 2.24) is 4.72 Å². The predicted octanol–water partition coefficient (Wildman–Crippen LogP) is 0.181. The van der Waals surface area contributed by atoms with Crippen molar-refractivity contribution in [2.24, 2.45) is 0 Å². The van der Waals surface area contributed by atoms with E-state index in [0.29, 0.717) is 32.1 Å². The van der Waals surface area contributed by atoms with Crippen molar-refractivity contribution >= 4 is 21.6 Å². The van der Waals surface area contributed by atoms with Crippen LogP contribution in [0, 0.1) is 0 Å². The summed E-state index contributed by atoms with van der Waals surface area (Å²) in [5, 5.41) is 0. The van der Waals surface area contributed by atoms with Gasteiger partial charge in [0, 0.05) is 19.0 Å². The predicted molar refractivity (Wildman–Crippen MR) is 49.0 cm³/mol. The lowest BCUT2D eigenvalue weighted by atomic mass is 10.5. The molecule has 0 aromatic carbocycles. The summed E-state index contributed by atoms with van der Waals surface area (Å²) in [5.41, 5.74) is 0. The summed E-state index contributed by atoms with van der Waals surface area (Å²) < 4.78 is 28.5. The monoisotopic (exact) mass is 215 g/mol. The molecule has 0 bridgehead atoms. The van der Waals surface area contributed by atoms with E-state index in [-0.39, 0.29) is 0 Å². The first kappa shape index (κ1) is 12.2. The number of halogens is 1. The average Bonchev–Trinajstić information content (AvgIpc) is 1.94. The molecule has 0 aliphatic rings. The largest absolute Gasteiger partial charge is 0.380 e. The Kier molecular flexibility index (Phi) is 6.74. The van der Waals surface area contributed by atoms with Crippen molar-refractivity contribution in [1.29, 1.82) is 0 Å². The quantitative estimate of drug-likeness (QED) is 0.487. The number of hydrogen-bond donors (Lipinski definition) is 1. The summed E-state index contributed by atoms with van der Waals surface area (Å²) >= 11 is 5.35. The van der Waals surface area contributed by atoms with Crippen LogP contribution in [0.5, 0.6) is 0 Å². The molecule has 0 unspecified atom stereocenters. The first-order valence-electron chi connectivity index (χ1n) is 3.64. The molecule has 4 nitrogen and oxygen atoms in total. The molecule has 0 atom stereocenters. The minimum Gasteiger partial charge on any atom is -0.380 e. The van der Waals surface area contributed by atoms with Gasteiger partial charge in [0.05, 0.1) is 12.9 Å². The molecule has 0 aromatic heterocycles. The van der Waals surface area contributed by atoms with Crippen molar-refractivity contribution in [3.8, 4) is 0 Å². The van der Waals surface area contributed by atoms with Gasteiger partial charge < -0.3 is 4.74 Å². The number of hydrogen-bond acceptors (Lipinski definition) is 3. The molecule has 0 aromatic rings. The van der Waals surface area contributed by atoms with Crippen molar-refractivity contribution < 1.29 is 13.2 Å². The number of rotatable bonds is 7. The summed E-state index contributed by atoms with van der Waals surface area (Å²) in [6, 6.07) is 0. The van der Waals surface area contributed by atoms with E-state index in [4.69, 9.17) is 16.3 Å². The summed E-state index contributed by atoms with van der Waals surface area (Å²) in [6.45, 7) is 1.47. The zero-order valence-corrected chi connectivity index (χ0v) is 8.62. The highest BCUT2D eigenvalue weighted by Crippen LogP contribution is 1.84. The molecule has 74 valence electrons. The SMILES string of the molecule is CS(=O)(=O)NCCCOCCCl. The molecule has 0 aliphatic carbocycles. The van der Waals surface area contributed by atoms with Crippen molar-refractivity contribution in [2.75, 3.05) is 31.9 Å². The molecule has 0 spiro atoms. The fourth-order valence-electron chi connectivity index (χ4n) is 0.588. The van der Waals surface area contributed by atoms with Gasteiger partial charge in [-0.3, -0.25) is 0 Å². The lowest BCUT2D eigenvalue weighted by Gasteiger charge is -2.02. The van der Waals surface area contributed by atoms with Gasteiger partial charge in [0.25, 0.3) is 0 Å². The molecule has 0 fully saturated rings. The van der Waals surface area contributed by atoms with E-state index < -0.39 is 10.0 Å². The van der Waals surface area contributed by atoms with Crippen LogP contribution in [0.25, 0.3) is 0 Å². The second-order valence-corrected chi connectivity index (χ2v) is 4.53. The highest BCUT2D eigenvalue weighted by Gasteiger charge is 1.97. The summed E-state index contributed by atoms with van der Waals surface area (Å²) in [6.07, 6.45) is 1.80. The number of alkyl halides is 1. The standard InChI is InChI=1S/C6H14ClNO3S/c1-12(9,10)8-4-2-5-11-6-3-7/h8H,2-6H2,1H3. The maximum Gasteiger partial charge on any atom is 0.208 e. The van der Waals surface area contributed by atoms with Crippen LogP contribution in [0.3, 0.4) is 0 Å². The smallest absolute Gasteiger partial charge is 0.208 e. The fourth-order valence-corrected chi connectivity index (χ4v) is 1.21. The molecular weight excluding hydrogens is 202 g/mol. The first-order valence-corrected chi connectivity index (χ1v) is 6.07. The van der Waals surface area contributed by atoms with Gasteiger partial charge in [-0.25, -0.2) is 13.1 Å². The Bertz CT molecular complexity index is 193. The van der Waals surface area contributed by atoms with Gasteiger partial charge >= 0.3 is 0 Å². The van der Waals surface area contributed by atoms with E-state index in [1.54, 1.807) is 0 Å². The lowest BCUT2D eigenvalue weighted by molar-refractivity contribution is 0.147. The second kappa shape index (κ2) is 6.65. The van der Waals surface area contributed by atoms with E-state index in [9.17, 15) is 8.42 Å². The van der Waals surface area contributed by atoms with E-state index >= 15 is 0 Å². The number of ether oxygens (including phenoxy) is 1. The van der Waals surface area contributed by atoms with Gasteiger partial charge in [-0.05, 0) is 6.42 Å². The Morgan fingerprint density at radius 1 is 1.42 bits per heavy atom. The van der Waals surface area contributed by atoms with Gasteiger partial charge in [-0.2, -0.15) is 0 Å². The Balaban J connectivity index is 3.12. The zero-order chi connectivity index (χ0) is 9.45. The summed E-state index contributed by atoms with van der Waals surface area (Å²) in [7, 11) is -3.05. The third-order valence-corrected chi connectivity index (χ3v) is 1.93. The van der Waals surface area contributed by atoms with Crippen molar-refractivity contribution in [2.45, 2.75) is 6.42 Å². The molecule has 0 saturated carbocycles. The fraction of sp³-hybridized carbons (Fsp3) is 1.00. The topological polar surface area (TPSA) is 55.4 Å². The summed E-state index contributed by atoms with van der Waals surface area (Å²) in [5.74, 6) is 0.472. The molecule has 0 saturated heterocycles. The van der Waals surface area contributed by atoms with Crippen LogP contribution in [0.1, 0.15) is 6.42 Å². The molecule has 12 heavy (non-hydrogen) atoms. The third-order valence-electron chi connectivity index (χ3n) is 1.05. The number of nitrogens with one attached hydrogen (secondary N) is 1. The molecule has 0 heterocycles. The third kappa shape index (κ3) is 10.2. The highest BCUT2D eigenvalue weighted by atomic mass is 35.5. The molecule has 6 heteroatoms. The Morgan fingerprint density at radius 2 is 2.08 bits per heavy atom. The van der Waals surface area contributed by atoms with E-state index in [1.807, 2.05) is 0 Å². The van der Waals surface area contributed by atoms with Gasteiger partial charge in [-0.15, -0.1) is 11.6 Å². The van der Waals surface area contributed by atoms with Crippen LogP contribution in [0.2, 0.25) is 0 Å². The number of sulfonamides is 1. The molecular formula is C6H14ClNO3S. The minimum atomic E-state index is -3.05. The van der Waals surface area contributed by atoms with Gasteiger partial charge in [0.15, 0.2) is 0 Å². The Labute approximate surface area is 78.3 Å². The van der Waals surface area contributed by atoms with Gasteiger partial charge in [-0.1, -0.05) is 0 Å². The van der Waals surface area contributed by atoms with Crippen LogP contribution in [-0.4, -0.2) is 40.3 Å². The summed E-state index contributed by atoms with van der Waals surface area (Å²) in [4.78, 5) is 0. The van der Waals surface area contributed by atoms with E-state index in [2.05, 4.69) is 4.72 Å². The van der Waals surface area contributed by atoms with Crippen LogP contribution in [0.4, 0.5) is 0 Å². The second-order valence-electron chi connectivity index (χ2n) is 2.32. The maximum atomic E-state index is 10.5. The normalized spacial score (nSPS) is 11.8. The highest BCUT2D eigenvalue weighted by molar-refractivity contribution is 7.88. The van der Waals surface area contributed by atoms with Gasteiger partial charge in [0.2, 0.25) is 10.0 Å². The average molecular weight is 216 g/mol. The molecule has 0 amide bonds. The van der Waals surface area contributed by atoms with Crippen LogP contribution in [0.15, 0.2) is 0 Å². The van der Waals surface area contributed by atoms with Crippen LogP contribution in [-0.2, 0) is 14.8 Å².